The highest BCUT2D eigenvalue weighted by Crippen LogP contribution is 2.37. The van der Waals surface area contributed by atoms with Crippen molar-refractivity contribution >= 4 is 29.0 Å². The third kappa shape index (κ3) is 7.99. The van der Waals surface area contributed by atoms with Gasteiger partial charge in [0.25, 0.3) is 0 Å². The molecule has 4 rings (SSSR count). The lowest BCUT2D eigenvalue weighted by Gasteiger charge is -2.43. The van der Waals surface area contributed by atoms with Gasteiger partial charge in [-0.25, -0.2) is 9.59 Å². The predicted octanol–water partition coefficient (Wildman–Crippen LogP) is 5.29. The second kappa shape index (κ2) is 12.7. The molecule has 2 aromatic rings. The maximum absolute atomic E-state index is 14.5. The fraction of sp³-hybridized carbons (Fsp3) is 0.688. The number of fused-ring (bicyclic) bond motifs is 1. The molecule has 11 nitrogen and oxygen atoms in total. The molecule has 2 aliphatic rings. The average Bonchev–Trinajstić information content (AvgIpc) is 3.70. The number of amides is 3. The Kier molecular flexibility index (Phi) is 9.63. The molecular formula is C32H49N5O6. The summed E-state index contributed by atoms with van der Waals surface area (Å²) in [5.41, 5.74) is 1.56. The minimum atomic E-state index is -0.898. The van der Waals surface area contributed by atoms with Gasteiger partial charge in [-0.15, -0.1) is 0 Å². The lowest BCUT2D eigenvalue weighted by atomic mass is 10.0. The number of ether oxygens (including phenoxy) is 3. The predicted molar refractivity (Wildman–Crippen MR) is 164 cm³/mol. The normalized spacial score (nSPS) is 18.5. The van der Waals surface area contributed by atoms with Gasteiger partial charge in [0.15, 0.2) is 0 Å². The number of piperazine rings is 1. The van der Waals surface area contributed by atoms with Gasteiger partial charge in [0.2, 0.25) is 5.91 Å². The minimum Gasteiger partial charge on any atom is -0.444 e. The molecule has 1 aromatic carbocycles. The Morgan fingerprint density at radius 3 is 2.28 bits per heavy atom. The largest absolute Gasteiger partial charge is 0.444 e. The zero-order chi connectivity index (χ0) is 31.7. The molecule has 1 aliphatic carbocycles. The molecule has 0 spiro atoms. The van der Waals surface area contributed by atoms with Crippen LogP contribution >= 0.6 is 0 Å². The Labute approximate surface area is 255 Å². The summed E-state index contributed by atoms with van der Waals surface area (Å²) in [5.74, 6) is -0.195. The minimum absolute atomic E-state index is 0.0351. The number of benzene rings is 1. The van der Waals surface area contributed by atoms with E-state index in [1.165, 1.54) is 9.80 Å². The van der Waals surface area contributed by atoms with Crippen molar-refractivity contribution in [1.29, 1.82) is 0 Å². The summed E-state index contributed by atoms with van der Waals surface area (Å²) < 4.78 is 18.6. The zero-order valence-electron chi connectivity index (χ0n) is 27.3. The van der Waals surface area contributed by atoms with Crippen LogP contribution in [0, 0.1) is 6.92 Å². The first-order valence-electron chi connectivity index (χ1n) is 15.4. The monoisotopic (exact) mass is 599 g/mol. The number of rotatable bonds is 8. The van der Waals surface area contributed by atoms with E-state index in [-0.39, 0.29) is 37.6 Å². The van der Waals surface area contributed by atoms with Crippen LogP contribution in [0.25, 0.3) is 10.9 Å². The maximum atomic E-state index is 14.5. The Hall–Kier alpha value is -3.34. The molecule has 2 atom stereocenters. The van der Waals surface area contributed by atoms with Crippen molar-refractivity contribution in [1.82, 2.24) is 24.5 Å². The topological polar surface area (TPSA) is 106 Å². The SMILES string of the molecule is COCCCn1nc(C)c2ccc(C(C)N(C(=O)[C@H]3CN(C(=O)OC(C)(C)C)CCN3C(=O)OC(C)(C)C)C3CC3)cc21. The van der Waals surface area contributed by atoms with Crippen molar-refractivity contribution < 1.29 is 28.6 Å². The highest BCUT2D eigenvalue weighted by molar-refractivity contribution is 5.88. The zero-order valence-corrected chi connectivity index (χ0v) is 27.3. The summed E-state index contributed by atoms with van der Waals surface area (Å²) in [5, 5.41) is 5.82. The quantitative estimate of drug-likeness (QED) is 0.380. The summed E-state index contributed by atoms with van der Waals surface area (Å²) >= 11 is 0. The Morgan fingerprint density at radius 1 is 1.02 bits per heavy atom. The molecule has 3 amide bonds. The molecule has 43 heavy (non-hydrogen) atoms. The molecular weight excluding hydrogens is 550 g/mol. The van der Waals surface area contributed by atoms with E-state index in [0.29, 0.717) is 6.61 Å². The van der Waals surface area contributed by atoms with Crippen LogP contribution in [-0.2, 0) is 25.5 Å². The van der Waals surface area contributed by atoms with Crippen LogP contribution in [0.15, 0.2) is 18.2 Å². The van der Waals surface area contributed by atoms with Gasteiger partial charge in [-0.05, 0) is 86.3 Å². The first kappa shape index (κ1) is 32.6. The highest BCUT2D eigenvalue weighted by atomic mass is 16.6. The van der Waals surface area contributed by atoms with Gasteiger partial charge in [0, 0.05) is 44.8 Å². The molecule has 1 saturated heterocycles. The molecule has 0 radical (unpaired) electrons. The number of carbonyl (C=O) groups excluding carboxylic acids is 3. The molecule has 1 unspecified atom stereocenters. The average molecular weight is 600 g/mol. The smallest absolute Gasteiger partial charge is 0.411 e. The van der Waals surface area contributed by atoms with Gasteiger partial charge in [0.1, 0.15) is 17.2 Å². The molecule has 1 aromatic heterocycles. The van der Waals surface area contributed by atoms with E-state index in [0.717, 1.165) is 48.0 Å². The molecule has 238 valence electrons. The van der Waals surface area contributed by atoms with Gasteiger partial charge in [-0.2, -0.15) is 5.10 Å². The molecule has 1 aliphatic heterocycles. The molecule has 0 bridgehead atoms. The van der Waals surface area contributed by atoms with E-state index in [2.05, 4.69) is 18.2 Å². The van der Waals surface area contributed by atoms with Crippen LogP contribution in [0.5, 0.6) is 0 Å². The van der Waals surface area contributed by atoms with Crippen molar-refractivity contribution in [2.75, 3.05) is 33.4 Å². The number of aromatic nitrogens is 2. The first-order chi connectivity index (χ1) is 20.1. The van der Waals surface area contributed by atoms with E-state index in [4.69, 9.17) is 19.3 Å². The van der Waals surface area contributed by atoms with Crippen molar-refractivity contribution in [2.24, 2.45) is 0 Å². The van der Waals surface area contributed by atoms with Crippen LogP contribution in [0.1, 0.15) is 85.0 Å². The number of aryl methyl sites for hydroxylation is 2. The van der Waals surface area contributed by atoms with Crippen molar-refractivity contribution in [3.05, 3.63) is 29.5 Å². The van der Waals surface area contributed by atoms with E-state index >= 15 is 0 Å². The van der Waals surface area contributed by atoms with Gasteiger partial charge >= 0.3 is 12.2 Å². The maximum Gasteiger partial charge on any atom is 0.411 e. The Morgan fingerprint density at radius 2 is 1.67 bits per heavy atom. The van der Waals surface area contributed by atoms with Crippen molar-refractivity contribution in [3.63, 3.8) is 0 Å². The first-order valence-corrected chi connectivity index (χ1v) is 15.4. The summed E-state index contributed by atoms with van der Waals surface area (Å²) in [6.45, 7) is 16.7. The lowest BCUT2D eigenvalue weighted by molar-refractivity contribution is -0.142. The van der Waals surface area contributed by atoms with Gasteiger partial charge < -0.3 is 24.0 Å². The van der Waals surface area contributed by atoms with E-state index in [1.807, 2.05) is 44.2 Å². The van der Waals surface area contributed by atoms with Crippen LogP contribution < -0.4 is 0 Å². The second-order valence-electron chi connectivity index (χ2n) is 13.7. The van der Waals surface area contributed by atoms with Gasteiger partial charge in [-0.1, -0.05) is 12.1 Å². The summed E-state index contributed by atoms with van der Waals surface area (Å²) in [6.07, 6.45) is 1.57. The molecule has 1 saturated carbocycles. The summed E-state index contributed by atoms with van der Waals surface area (Å²) in [7, 11) is 1.69. The highest BCUT2D eigenvalue weighted by Gasteiger charge is 2.46. The van der Waals surface area contributed by atoms with Gasteiger partial charge in [0.05, 0.1) is 23.8 Å². The molecule has 0 N–H and O–H groups in total. The fourth-order valence-corrected chi connectivity index (χ4v) is 5.54. The number of hydrogen-bond donors (Lipinski definition) is 0. The van der Waals surface area contributed by atoms with E-state index < -0.39 is 29.4 Å². The number of nitrogens with zero attached hydrogens (tertiary/aromatic N) is 5. The van der Waals surface area contributed by atoms with E-state index in [9.17, 15) is 14.4 Å². The van der Waals surface area contributed by atoms with Crippen LogP contribution in [0.3, 0.4) is 0 Å². The number of methoxy groups -OCH3 is 1. The Balaban J connectivity index is 1.64. The van der Waals surface area contributed by atoms with Crippen LogP contribution in [0.2, 0.25) is 0 Å². The number of carbonyl (C=O) groups is 3. The third-order valence-electron chi connectivity index (χ3n) is 7.72. The third-order valence-corrected chi connectivity index (χ3v) is 7.72. The van der Waals surface area contributed by atoms with Gasteiger partial charge in [-0.3, -0.25) is 14.4 Å². The van der Waals surface area contributed by atoms with E-state index in [1.54, 1.807) is 27.9 Å². The lowest BCUT2D eigenvalue weighted by Crippen LogP contribution is -2.63. The summed E-state index contributed by atoms with van der Waals surface area (Å²) in [6, 6.07) is 5.15. The summed E-state index contributed by atoms with van der Waals surface area (Å²) in [4.78, 5) is 45.8. The standard InChI is InChI=1S/C32H49N5O6/c1-21-25-14-11-23(19-26(25)36(33-21)15-10-18-41-9)22(2)37(24-12-13-24)28(38)27-20-34(29(39)42-31(3,4)5)16-17-35(27)30(40)43-32(6,7)8/h11,14,19,22,24,27H,10,12-13,15-18,20H2,1-9H3/t22?,27-/m1/s1. The van der Waals surface area contributed by atoms with Crippen LogP contribution in [0.4, 0.5) is 9.59 Å². The number of hydrogen-bond acceptors (Lipinski definition) is 7. The fourth-order valence-electron chi connectivity index (χ4n) is 5.54. The second-order valence-corrected chi connectivity index (χ2v) is 13.7. The molecule has 11 heteroatoms. The molecule has 2 heterocycles. The Bertz CT molecular complexity index is 1320. The van der Waals surface area contributed by atoms with Crippen molar-refractivity contribution in [2.45, 2.75) is 111 Å². The van der Waals surface area contributed by atoms with Crippen LogP contribution in [-0.4, -0.2) is 99.2 Å². The van der Waals surface area contributed by atoms with Crippen molar-refractivity contribution in [3.8, 4) is 0 Å². The molecule has 2 fully saturated rings.